The van der Waals surface area contributed by atoms with Gasteiger partial charge in [0.2, 0.25) is 0 Å². The molecule has 1 aliphatic rings. The molecule has 0 radical (unpaired) electrons. The molecule has 1 aliphatic heterocycles. The lowest BCUT2D eigenvalue weighted by atomic mass is 10.1. The van der Waals surface area contributed by atoms with Crippen LogP contribution in [0.15, 0.2) is 41.6 Å². The molecule has 2 heterocycles. The number of aryl methyl sites for hydroxylation is 1. The average molecular weight is 344 g/mol. The molecule has 3 rings (SSSR count). The molecule has 1 atom stereocenters. The topological polar surface area (TPSA) is 78.4 Å². The van der Waals surface area contributed by atoms with Gasteiger partial charge >= 0.3 is 0 Å². The van der Waals surface area contributed by atoms with Crippen LogP contribution in [0.5, 0.6) is 0 Å². The van der Waals surface area contributed by atoms with Gasteiger partial charge in [0.1, 0.15) is 5.82 Å². The maximum Gasteiger partial charge on any atom is 0.190 e. The molecule has 0 aliphatic carbocycles. The first-order valence-corrected chi connectivity index (χ1v) is 8.62. The largest absolute Gasteiger partial charge is 0.549 e. The third kappa shape index (κ3) is 4.04. The smallest absolute Gasteiger partial charge is 0.190 e. The Morgan fingerprint density at radius 3 is 2.62 bits per heavy atom. The predicted molar refractivity (Wildman–Crippen MR) is 89.8 cm³/mol. The van der Waals surface area contributed by atoms with Crippen LogP contribution in [-0.2, 0) is 9.53 Å². The van der Waals surface area contributed by atoms with Crippen molar-refractivity contribution in [1.82, 2.24) is 9.97 Å². The first-order valence-electron chi connectivity index (χ1n) is 7.74. The summed E-state index contributed by atoms with van der Waals surface area (Å²) in [5.74, 6) is -0.345. The molecule has 6 nitrogen and oxygen atoms in total. The van der Waals surface area contributed by atoms with Gasteiger partial charge in [-0.25, -0.2) is 9.97 Å². The third-order valence-electron chi connectivity index (χ3n) is 3.69. The standard InChI is InChI=1S/C17H19N3O3S/c1-12-11-14(20-7-9-23-10-8-20)19-17(18-12)24-15(16(21)22)13-5-3-2-4-6-13/h2-6,11,15H,7-10H2,1H3,(H,21,22)/p-1. The molecule has 0 amide bonds. The molecule has 1 fully saturated rings. The van der Waals surface area contributed by atoms with Crippen molar-refractivity contribution < 1.29 is 14.6 Å². The number of carboxylic acid groups (broad SMARTS) is 1. The highest BCUT2D eigenvalue weighted by Gasteiger charge is 2.19. The monoisotopic (exact) mass is 344 g/mol. The van der Waals surface area contributed by atoms with E-state index in [-0.39, 0.29) is 0 Å². The summed E-state index contributed by atoms with van der Waals surface area (Å²) in [5, 5.41) is 11.2. The highest BCUT2D eigenvalue weighted by molar-refractivity contribution is 8.00. The number of carboxylic acids is 1. The van der Waals surface area contributed by atoms with Crippen molar-refractivity contribution in [3.05, 3.63) is 47.7 Å². The van der Waals surface area contributed by atoms with Crippen molar-refractivity contribution in [3.63, 3.8) is 0 Å². The lowest BCUT2D eigenvalue weighted by molar-refractivity contribution is -0.305. The second-order valence-corrected chi connectivity index (χ2v) is 6.55. The van der Waals surface area contributed by atoms with Crippen molar-refractivity contribution in [2.45, 2.75) is 17.3 Å². The molecule has 2 aromatic rings. The van der Waals surface area contributed by atoms with Gasteiger partial charge in [0.05, 0.1) is 24.4 Å². The summed E-state index contributed by atoms with van der Waals surface area (Å²) in [7, 11) is 0. The summed E-state index contributed by atoms with van der Waals surface area (Å²) in [6.45, 7) is 4.74. The molecule has 0 saturated carbocycles. The van der Waals surface area contributed by atoms with Gasteiger partial charge in [0.25, 0.3) is 0 Å². The van der Waals surface area contributed by atoms with E-state index < -0.39 is 11.2 Å². The summed E-state index contributed by atoms with van der Waals surface area (Å²) < 4.78 is 5.36. The fourth-order valence-corrected chi connectivity index (χ4v) is 3.46. The predicted octanol–water partition coefficient (Wildman–Crippen LogP) is 1.20. The van der Waals surface area contributed by atoms with E-state index in [1.54, 1.807) is 12.1 Å². The highest BCUT2D eigenvalue weighted by atomic mass is 32.2. The van der Waals surface area contributed by atoms with Gasteiger partial charge < -0.3 is 19.5 Å². The minimum Gasteiger partial charge on any atom is -0.549 e. The molecule has 1 unspecified atom stereocenters. The first kappa shape index (κ1) is 16.7. The first-order chi connectivity index (χ1) is 11.6. The van der Waals surface area contributed by atoms with E-state index in [1.807, 2.05) is 31.2 Å². The number of aromatic nitrogens is 2. The minimum absolute atomic E-state index is 0.439. The average Bonchev–Trinajstić information content (AvgIpc) is 2.60. The number of aliphatic carboxylic acids is 1. The summed E-state index contributed by atoms with van der Waals surface area (Å²) in [4.78, 5) is 22.6. The zero-order valence-corrected chi connectivity index (χ0v) is 14.2. The van der Waals surface area contributed by atoms with Gasteiger partial charge in [-0.1, -0.05) is 42.1 Å². The molecule has 126 valence electrons. The molecular weight excluding hydrogens is 326 g/mol. The summed E-state index contributed by atoms with van der Waals surface area (Å²) in [6, 6.07) is 10.9. The second-order valence-electron chi connectivity index (χ2n) is 5.48. The van der Waals surface area contributed by atoms with Crippen molar-refractivity contribution >= 4 is 23.5 Å². The second kappa shape index (κ2) is 7.63. The Balaban J connectivity index is 1.85. The van der Waals surface area contributed by atoms with Crippen molar-refractivity contribution in [3.8, 4) is 0 Å². The van der Waals surface area contributed by atoms with E-state index in [4.69, 9.17) is 4.74 Å². The van der Waals surface area contributed by atoms with Crippen LogP contribution in [0.2, 0.25) is 0 Å². The van der Waals surface area contributed by atoms with Gasteiger partial charge in [0.15, 0.2) is 5.16 Å². The normalized spacial score (nSPS) is 16.0. The van der Waals surface area contributed by atoms with Crippen LogP contribution in [0.25, 0.3) is 0 Å². The maximum absolute atomic E-state index is 11.6. The highest BCUT2D eigenvalue weighted by Crippen LogP contribution is 2.33. The van der Waals surface area contributed by atoms with Crippen LogP contribution in [0.3, 0.4) is 0 Å². The number of nitrogens with zero attached hydrogens (tertiary/aromatic N) is 3. The number of rotatable bonds is 5. The Labute approximate surface area is 144 Å². The van der Waals surface area contributed by atoms with Crippen molar-refractivity contribution in [1.29, 1.82) is 0 Å². The Kier molecular flexibility index (Phi) is 5.32. The summed E-state index contributed by atoms with van der Waals surface area (Å²) >= 11 is 1.10. The molecule has 1 aromatic carbocycles. The number of thioether (sulfide) groups is 1. The number of carbonyl (C=O) groups excluding carboxylic acids is 1. The summed E-state index contributed by atoms with van der Waals surface area (Å²) in [5.41, 5.74) is 1.47. The van der Waals surface area contributed by atoms with Crippen LogP contribution in [-0.4, -0.2) is 42.2 Å². The van der Waals surface area contributed by atoms with Crippen LogP contribution in [0.4, 0.5) is 5.82 Å². The molecule has 0 N–H and O–H groups in total. The van der Waals surface area contributed by atoms with E-state index in [2.05, 4.69) is 14.9 Å². The number of hydrogen-bond donors (Lipinski definition) is 0. The van der Waals surface area contributed by atoms with Crippen LogP contribution >= 0.6 is 11.8 Å². The molecule has 24 heavy (non-hydrogen) atoms. The third-order valence-corrected chi connectivity index (χ3v) is 4.79. The fourth-order valence-electron chi connectivity index (χ4n) is 2.52. The molecule has 0 bridgehead atoms. The van der Waals surface area contributed by atoms with E-state index in [1.165, 1.54) is 0 Å². The lowest BCUT2D eigenvalue weighted by Gasteiger charge is -2.28. The Hall–Kier alpha value is -2.12. The molecule has 1 saturated heterocycles. The zero-order chi connectivity index (χ0) is 16.9. The lowest BCUT2D eigenvalue weighted by Crippen LogP contribution is -2.37. The number of morpholine rings is 1. The fraction of sp³-hybridized carbons (Fsp3) is 0.353. The van der Waals surface area contributed by atoms with Crippen LogP contribution < -0.4 is 10.0 Å². The zero-order valence-electron chi connectivity index (χ0n) is 13.3. The van der Waals surface area contributed by atoms with Gasteiger partial charge in [0, 0.05) is 24.8 Å². The van der Waals surface area contributed by atoms with Gasteiger partial charge in [-0.15, -0.1) is 0 Å². The number of ether oxygens (including phenoxy) is 1. The van der Waals surface area contributed by atoms with Crippen LogP contribution in [0.1, 0.15) is 16.5 Å². The Morgan fingerprint density at radius 2 is 1.96 bits per heavy atom. The van der Waals surface area contributed by atoms with E-state index >= 15 is 0 Å². The maximum atomic E-state index is 11.6. The number of hydrogen-bond acceptors (Lipinski definition) is 7. The molecule has 0 spiro atoms. The minimum atomic E-state index is -1.15. The number of benzene rings is 1. The molecular formula is C17H18N3O3S-. The van der Waals surface area contributed by atoms with E-state index in [0.29, 0.717) is 23.9 Å². The van der Waals surface area contributed by atoms with E-state index in [0.717, 1.165) is 36.4 Å². The Morgan fingerprint density at radius 1 is 1.25 bits per heavy atom. The van der Waals surface area contributed by atoms with E-state index in [9.17, 15) is 9.90 Å². The van der Waals surface area contributed by atoms with Gasteiger partial charge in [-0.05, 0) is 12.5 Å². The Bertz CT molecular complexity index is 705. The van der Waals surface area contributed by atoms with Crippen LogP contribution in [0, 0.1) is 6.92 Å². The van der Waals surface area contributed by atoms with Gasteiger partial charge in [-0.2, -0.15) is 0 Å². The van der Waals surface area contributed by atoms with Gasteiger partial charge in [-0.3, -0.25) is 0 Å². The molecule has 1 aromatic heterocycles. The number of carbonyl (C=O) groups is 1. The molecule has 7 heteroatoms. The van der Waals surface area contributed by atoms with Crippen molar-refractivity contribution in [2.75, 3.05) is 31.2 Å². The summed E-state index contributed by atoms with van der Waals surface area (Å²) in [6.07, 6.45) is 0. The number of anilines is 1. The SMILES string of the molecule is Cc1cc(N2CCOCC2)nc(SC(C(=O)[O-])c2ccccc2)n1. The van der Waals surface area contributed by atoms with Crippen molar-refractivity contribution in [2.24, 2.45) is 0 Å². The quantitative estimate of drug-likeness (QED) is 0.596.